The van der Waals surface area contributed by atoms with E-state index in [-0.39, 0.29) is 0 Å². The second-order valence-electron chi connectivity index (χ2n) is 5.66. The summed E-state index contributed by atoms with van der Waals surface area (Å²) in [6.45, 7) is 3.14. The molecule has 0 amide bonds. The monoisotopic (exact) mass is 286 g/mol. The molecule has 3 heterocycles. The van der Waals surface area contributed by atoms with Crippen molar-refractivity contribution in [3.8, 4) is 0 Å². The molecule has 1 aliphatic heterocycles. The SMILES string of the molecule is c1csc(CN2CCc3ncnc(C4CC4)c3CC2)n1. The van der Waals surface area contributed by atoms with Crippen LogP contribution in [-0.2, 0) is 19.4 Å². The third-order valence-electron chi connectivity index (χ3n) is 4.22. The molecule has 104 valence electrons. The maximum atomic E-state index is 4.56. The molecule has 0 aromatic carbocycles. The van der Waals surface area contributed by atoms with Gasteiger partial charge in [-0.2, -0.15) is 0 Å². The summed E-state index contributed by atoms with van der Waals surface area (Å²) in [5.74, 6) is 0.720. The summed E-state index contributed by atoms with van der Waals surface area (Å²) in [6, 6.07) is 0. The van der Waals surface area contributed by atoms with Crippen LogP contribution >= 0.6 is 11.3 Å². The van der Waals surface area contributed by atoms with E-state index >= 15 is 0 Å². The zero-order valence-corrected chi connectivity index (χ0v) is 12.3. The Hall–Kier alpha value is -1.33. The Morgan fingerprint density at radius 2 is 2.05 bits per heavy atom. The average Bonchev–Trinajstić information content (AvgIpc) is 3.22. The first kappa shape index (κ1) is 12.4. The maximum Gasteiger partial charge on any atom is 0.115 e. The van der Waals surface area contributed by atoms with Gasteiger partial charge in [0.2, 0.25) is 0 Å². The van der Waals surface area contributed by atoms with Crippen LogP contribution in [-0.4, -0.2) is 32.9 Å². The smallest absolute Gasteiger partial charge is 0.115 e. The van der Waals surface area contributed by atoms with Crippen LogP contribution < -0.4 is 0 Å². The van der Waals surface area contributed by atoms with Gasteiger partial charge in [-0.3, -0.25) is 4.90 Å². The van der Waals surface area contributed by atoms with Crippen molar-refractivity contribution >= 4 is 11.3 Å². The number of thiazole rings is 1. The fraction of sp³-hybridized carbons (Fsp3) is 0.533. The lowest BCUT2D eigenvalue weighted by atomic mass is 10.0. The van der Waals surface area contributed by atoms with Crippen LogP contribution in [0.5, 0.6) is 0 Å². The van der Waals surface area contributed by atoms with Crippen molar-refractivity contribution in [1.29, 1.82) is 0 Å². The third-order valence-corrected chi connectivity index (χ3v) is 4.98. The first-order valence-electron chi connectivity index (χ1n) is 7.33. The molecule has 0 unspecified atom stereocenters. The van der Waals surface area contributed by atoms with Gasteiger partial charge >= 0.3 is 0 Å². The van der Waals surface area contributed by atoms with Gasteiger partial charge in [0.15, 0.2) is 0 Å². The molecule has 2 aromatic heterocycles. The molecule has 1 fully saturated rings. The quantitative estimate of drug-likeness (QED) is 0.869. The predicted octanol–water partition coefficient (Wildman–Crippen LogP) is 2.41. The summed E-state index contributed by atoms with van der Waals surface area (Å²) in [6.07, 6.45) is 8.42. The van der Waals surface area contributed by atoms with E-state index in [1.807, 2.05) is 6.20 Å². The Kier molecular flexibility index (Phi) is 3.24. The highest BCUT2D eigenvalue weighted by atomic mass is 32.1. The van der Waals surface area contributed by atoms with Gasteiger partial charge in [-0.25, -0.2) is 15.0 Å². The second kappa shape index (κ2) is 5.22. The molecule has 2 aromatic rings. The molecule has 4 rings (SSSR count). The number of rotatable bonds is 3. The van der Waals surface area contributed by atoms with Crippen molar-refractivity contribution in [2.45, 2.75) is 38.1 Å². The molecule has 0 saturated heterocycles. The minimum Gasteiger partial charge on any atom is -0.296 e. The van der Waals surface area contributed by atoms with Crippen LogP contribution in [0.3, 0.4) is 0 Å². The maximum absolute atomic E-state index is 4.56. The molecular weight excluding hydrogens is 268 g/mol. The molecule has 4 nitrogen and oxygen atoms in total. The van der Waals surface area contributed by atoms with Gasteiger partial charge in [0, 0.05) is 42.7 Å². The van der Waals surface area contributed by atoms with E-state index in [2.05, 4.69) is 25.2 Å². The Balaban J connectivity index is 1.52. The first-order valence-corrected chi connectivity index (χ1v) is 8.21. The van der Waals surface area contributed by atoms with Crippen LogP contribution in [0.2, 0.25) is 0 Å². The van der Waals surface area contributed by atoms with E-state index in [9.17, 15) is 0 Å². The van der Waals surface area contributed by atoms with Gasteiger partial charge in [0.25, 0.3) is 0 Å². The third kappa shape index (κ3) is 2.47. The number of fused-ring (bicyclic) bond motifs is 1. The largest absolute Gasteiger partial charge is 0.296 e. The Morgan fingerprint density at radius 3 is 2.85 bits per heavy atom. The molecule has 0 radical (unpaired) electrons. The summed E-state index contributed by atoms with van der Waals surface area (Å²) in [5, 5.41) is 3.27. The van der Waals surface area contributed by atoms with Gasteiger partial charge < -0.3 is 0 Å². The molecule has 0 atom stereocenters. The number of hydrogen-bond acceptors (Lipinski definition) is 5. The normalized spacial score (nSPS) is 19.6. The zero-order chi connectivity index (χ0) is 13.4. The molecule has 2 aliphatic rings. The van der Waals surface area contributed by atoms with Crippen molar-refractivity contribution in [3.05, 3.63) is 39.9 Å². The summed E-state index contributed by atoms with van der Waals surface area (Å²) < 4.78 is 0. The minimum atomic E-state index is 0.720. The molecular formula is C15H18N4S. The Bertz CT molecular complexity index is 592. The summed E-state index contributed by atoms with van der Waals surface area (Å²) in [7, 11) is 0. The van der Waals surface area contributed by atoms with E-state index in [1.165, 1.54) is 34.8 Å². The van der Waals surface area contributed by atoms with Gasteiger partial charge in [-0.05, 0) is 24.8 Å². The van der Waals surface area contributed by atoms with E-state index in [1.54, 1.807) is 17.7 Å². The average molecular weight is 286 g/mol. The Labute approximate surface area is 122 Å². The van der Waals surface area contributed by atoms with E-state index in [4.69, 9.17) is 0 Å². The molecule has 0 bridgehead atoms. The molecule has 5 heteroatoms. The van der Waals surface area contributed by atoms with Crippen LogP contribution in [0.1, 0.15) is 40.7 Å². The number of hydrogen-bond donors (Lipinski definition) is 0. The Morgan fingerprint density at radius 1 is 1.15 bits per heavy atom. The van der Waals surface area contributed by atoms with Crippen LogP contribution in [0.15, 0.2) is 17.9 Å². The highest BCUT2D eigenvalue weighted by Crippen LogP contribution is 2.41. The van der Waals surface area contributed by atoms with Crippen LogP contribution in [0, 0.1) is 0 Å². The molecule has 20 heavy (non-hydrogen) atoms. The van der Waals surface area contributed by atoms with Crippen molar-refractivity contribution in [2.24, 2.45) is 0 Å². The van der Waals surface area contributed by atoms with Gasteiger partial charge in [-0.1, -0.05) is 0 Å². The van der Waals surface area contributed by atoms with Crippen molar-refractivity contribution in [2.75, 3.05) is 13.1 Å². The topological polar surface area (TPSA) is 41.9 Å². The van der Waals surface area contributed by atoms with Crippen LogP contribution in [0.25, 0.3) is 0 Å². The van der Waals surface area contributed by atoms with Crippen molar-refractivity contribution in [1.82, 2.24) is 19.9 Å². The highest BCUT2D eigenvalue weighted by molar-refractivity contribution is 7.09. The molecule has 1 aliphatic carbocycles. The van der Waals surface area contributed by atoms with Crippen LogP contribution in [0.4, 0.5) is 0 Å². The van der Waals surface area contributed by atoms with E-state index in [0.29, 0.717) is 0 Å². The lowest BCUT2D eigenvalue weighted by Crippen LogP contribution is -2.25. The summed E-state index contributed by atoms with van der Waals surface area (Å²) >= 11 is 1.74. The van der Waals surface area contributed by atoms with E-state index < -0.39 is 0 Å². The fourth-order valence-electron chi connectivity index (χ4n) is 2.99. The lowest BCUT2D eigenvalue weighted by Gasteiger charge is -2.17. The standard InChI is InChI=1S/C15H18N4S/c1-2-11(1)15-12-3-6-19(9-14-16-5-8-20-14)7-4-13(12)17-10-18-15/h5,8,10-11H,1-4,6-7,9H2. The second-order valence-corrected chi connectivity index (χ2v) is 6.64. The zero-order valence-electron chi connectivity index (χ0n) is 11.5. The van der Waals surface area contributed by atoms with Gasteiger partial charge in [-0.15, -0.1) is 11.3 Å². The number of aromatic nitrogens is 3. The van der Waals surface area contributed by atoms with Crippen molar-refractivity contribution < 1.29 is 0 Å². The predicted molar refractivity (Wildman–Crippen MR) is 78.8 cm³/mol. The minimum absolute atomic E-state index is 0.720. The molecule has 0 N–H and O–H groups in total. The molecule has 0 spiro atoms. The van der Waals surface area contributed by atoms with Gasteiger partial charge in [0.05, 0.1) is 12.2 Å². The van der Waals surface area contributed by atoms with Gasteiger partial charge in [0.1, 0.15) is 11.3 Å². The van der Waals surface area contributed by atoms with Crippen molar-refractivity contribution in [3.63, 3.8) is 0 Å². The summed E-state index contributed by atoms with van der Waals surface area (Å²) in [5.41, 5.74) is 4.06. The number of nitrogens with zero attached hydrogens (tertiary/aromatic N) is 4. The highest BCUT2D eigenvalue weighted by Gasteiger charge is 2.30. The fourth-order valence-corrected chi connectivity index (χ4v) is 3.64. The molecule has 1 saturated carbocycles. The lowest BCUT2D eigenvalue weighted by molar-refractivity contribution is 0.278. The first-order chi connectivity index (χ1) is 9.90. The van der Waals surface area contributed by atoms with E-state index in [0.717, 1.165) is 38.4 Å². The summed E-state index contributed by atoms with van der Waals surface area (Å²) in [4.78, 5) is 16.0.